The summed E-state index contributed by atoms with van der Waals surface area (Å²) < 4.78 is 5.43. The Hall–Kier alpha value is -1.69. The Labute approximate surface area is 154 Å². The Kier molecular flexibility index (Phi) is 6.76. The summed E-state index contributed by atoms with van der Waals surface area (Å²) in [5.41, 5.74) is 0.384. The highest BCUT2D eigenvalue weighted by Crippen LogP contribution is 2.28. The molecule has 0 unspecified atom stereocenters. The number of amides is 2. The second kappa shape index (κ2) is 8.61. The van der Waals surface area contributed by atoms with Crippen molar-refractivity contribution >= 4 is 29.4 Å². The minimum Gasteiger partial charge on any atom is -0.444 e. The molecule has 2 amide bonds. The van der Waals surface area contributed by atoms with E-state index in [2.05, 4.69) is 5.32 Å². The molecule has 0 atom stereocenters. The number of ether oxygens (including phenoxy) is 1. The predicted molar refractivity (Wildman–Crippen MR) is 102 cm³/mol. The van der Waals surface area contributed by atoms with Gasteiger partial charge in [0.2, 0.25) is 5.91 Å². The average Bonchev–Trinajstić information content (AvgIpc) is 2.52. The van der Waals surface area contributed by atoms with Crippen LogP contribution in [0.2, 0.25) is 0 Å². The van der Waals surface area contributed by atoms with E-state index in [1.54, 1.807) is 0 Å². The molecular formula is C19H28N2O3S. The number of piperidine rings is 1. The van der Waals surface area contributed by atoms with Crippen molar-refractivity contribution in [2.75, 3.05) is 24.2 Å². The Morgan fingerprint density at radius 1 is 1.20 bits per heavy atom. The summed E-state index contributed by atoms with van der Waals surface area (Å²) in [5, 5.41) is 2.77. The zero-order chi connectivity index (χ0) is 18.4. The second-order valence-corrected chi connectivity index (χ2v) is 8.52. The van der Waals surface area contributed by atoms with Gasteiger partial charge in [-0.25, -0.2) is 4.79 Å². The molecule has 1 aromatic carbocycles. The number of nitrogens with zero attached hydrogens (tertiary/aromatic N) is 1. The van der Waals surface area contributed by atoms with Crippen LogP contribution in [0.4, 0.5) is 10.5 Å². The molecule has 0 radical (unpaired) electrons. The highest BCUT2D eigenvalue weighted by Gasteiger charge is 2.26. The van der Waals surface area contributed by atoms with Crippen molar-refractivity contribution in [1.82, 2.24) is 4.90 Å². The fourth-order valence-electron chi connectivity index (χ4n) is 2.66. The number of nitrogens with one attached hydrogen (secondary N) is 1. The summed E-state index contributed by atoms with van der Waals surface area (Å²) in [6, 6.07) is 7.92. The van der Waals surface area contributed by atoms with Gasteiger partial charge >= 0.3 is 6.09 Å². The molecular weight excluding hydrogens is 336 g/mol. The molecule has 5 nitrogen and oxygen atoms in total. The van der Waals surface area contributed by atoms with Gasteiger partial charge in [-0.05, 0) is 63.8 Å². The maximum absolute atomic E-state index is 12.1. The van der Waals surface area contributed by atoms with E-state index in [0.29, 0.717) is 5.92 Å². The van der Waals surface area contributed by atoms with Gasteiger partial charge in [-0.1, -0.05) is 0 Å². The third-order valence-corrected chi connectivity index (χ3v) is 5.17. The Morgan fingerprint density at radius 3 is 2.32 bits per heavy atom. The molecule has 1 aromatic rings. The highest BCUT2D eigenvalue weighted by atomic mass is 32.2. The number of carbonyl (C=O) groups excluding carboxylic acids is 2. The minimum atomic E-state index is -0.437. The lowest BCUT2D eigenvalue weighted by atomic mass is 9.99. The maximum Gasteiger partial charge on any atom is 0.410 e. The molecule has 1 heterocycles. The van der Waals surface area contributed by atoms with E-state index in [9.17, 15) is 9.59 Å². The lowest BCUT2D eigenvalue weighted by Gasteiger charge is -2.33. The van der Waals surface area contributed by atoms with Crippen LogP contribution in [0.25, 0.3) is 0 Å². The van der Waals surface area contributed by atoms with Gasteiger partial charge in [0.05, 0.1) is 0 Å². The van der Waals surface area contributed by atoms with Gasteiger partial charge < -0.3 is 15.0 Å². The van der Waals surface area contributed by atoms with E-state index in [-0.39, 0.29) is 12.0 Å². The van der Waals surface area contributed by atoms with E-state index >= 15 is 0 Å². The van der Waals surface area contributed by atoms with Crippen LogP contribution in [0.15, 0.2) is 29.2 Å². The number of hydrogen-bond acceptors (Lipinski definition) is 4. The molecule has 1 N–H and O–H groups in total. The minimum absolute atomic E-state index is 0.0582. The summed E-state index contributed by atoms with van der Waals surface area (Å²) >= 11 is 1.83. The van der Waals surface area contributed by atoms with Crippen LogP contribution in [0.1, 0.15) is 40.5 Å². The summed E-state index contributed by atoms with van der Waals surface area (Å²) in [4.78, 5) is 26.1. The summed E-state index contributed by atoms with van der Waals surface area (Å²) in [6.07, 6.45) is 1.82. The molecule has 1 aliphatic rings. The SMILES string of the molecule is CC(=O)Nc1ccc(SCC2CCN(C(=O)OC(C)(C)C)CC2)cc1. The first kappa shape index (κ1) is 19.6. The van der Waals surface area contributed by atoms with Crippen LogP contribution in [0.3, 0.4) is 0 Å². The Morgan fingerprint density at radius 2 is 1.80 bits per heavy atom. The van der Waals surface area contributed by atoms with E-state index in [1.807, 2.05) is 61.7 Å². The van der Waals surface area contributed by atoms with Crippen molar-refractivity contribution in [2.45, 2.75) is 51.0 Å². The van der Waals surface area contributed by atoms with Crippen LogP contribution < -0.4 is 5.32 Å². The van der Waals surface area contributed by atoms with Gasteiger partial charge in [-0.2, -0.15) is 0 Å². The van der Waals surface area contributed by atoms with Crippen LogP contribution in [-0.4, -0.2) is 41.3 Å². The quantitative estimate of drug-likeness (QED) is 0.805. The molecule has 0 bridgehead atoms. The third-order valence-electron chi connectivity index (χ3n) is 3.93. The molecule has 1 saturated heterocycles. The highest BCUT2D eigenvalue weighted by molar-refractivity contribution is 7.99. The smallest absolute Gasteiger partial charge is 0.410 e. The number of anilines is 1. The predicted octanol–water partition coefficient (Wildman–Crippen LogP) is 4.38. The number of likely N-dealkylation sites (tertiary alicyclic amines) is 1. The molecule has 138 valence electrons. The van der Waals surface area contributed by atoms with Gasteiger partial charge in [-0.15, -0.1) is 11.8 Å². The molecule has 0 saturated carbocycles. The Balaban J connectivity index is 1.73. The van der Waals surface area contributed by atoms with Crippen LogP contribution in [0, 0.1) is 5.92 Å². The van der Waals surface area contributed by atoms with Crippen LogP contribution >= 0.6 is 11.8 Å². The van der Waals surface area contributed by atoms with Gasteiger partial charge in [-0.3, -0.25) is 4.79 Å². The fraction of sp³-hybridized carbons (Fsp3) is 0.579. The summed E-state index contributed by atoms with van der Waals surface area (Å²) in [6.45, 7) is 8.72. The third kappa shape index (κ3) is 6.98. The zero-order valence-electron chi connectivity index (χ0n) is 15.5. The van der Waals surface area contributed by atoms with Crippen molar-refractivity contribution in [2.24, 2.45) is 5.92 Å². The zero-order valence-corrected chi connectivity index (χ0v) is 16.3. The van der Waals surface area contributed by atoms with Crippen molar-refractivity contribution in [1.29, 1.82) is 0 Å². The summed E-state index contributed by atoms with van der Waals surface area (Å²) in [7, 11) is 0. The summed E-state index contributed by atoms with van der Waals surface area (Å²) in [5.74, 6) is 1.60. The molecule has 2 rings (SSSR count). The largest absolute Gasteiger partial charge is 0.444 e. The van der Waals surface area contributed by atoms with Gasteiger partial charge in [0.25, 0.3) is 0 Å². The van der Waals surface area contributed by atoms with E-state index in [1.165, 1.54) is 11.8 Å². The average molecular weight is 365 g/mol. The topological polar surface area (TPSA) is 58.6 Å². The normalized spacial score (nSPS) is 15.8. The van der Waals surface area contributed by atoms with Crippen molar-refractivity contribution in [3.8, 4) is 0 Å². The lowest BCUT2D eigenvalue weighted by Crippen LogP contribution is -2.42. The second-order valence-electron chi connectivity index (χ2n) is 7.43. The van der Waals surface area contributed by atoms with Crippen molar-refractivity contribution in [3.63, 3.8) is 0 Å². The monoisotopic (exact) mass is 364 g/mol. The number of hydrogen-bond donors (Lipinski definition) is 1. The standard InChI is InChI=1S/C19H28N2O3S/c1-14(22)20-16-5-7-17(8-6-16)25-13-15-9-11-21(12-10-15)18(23)24-19(2,3)4/h5-8,15H,9-13H2,1-4H3,(H,20,22). The number of thioether (sulfide) groups is 1. The molecule has 1 aliphatic heterocycles. The van der Waals surface area contributed by atoms with Crippen LogP contribution in [0.5, 0.6) is 0 Å². The molecule has 6 heteroatoms. The van der Waals surface area contributed by atoms with Gasteiger partial charge in [0.1, 0.15) is 5.60 Å². The first-order valence-corrected chi connectivity index (χ1v) is 9.70. The van der Waals surface area contributed by atoms with E-state index < -0.39 is 5.60 Å². The van der Waals surface area contributed by atoms with E-state index in [0.717, 1.165) is 37.4 Å². The first-order valence-electron chi connectivity index (χ1n) is 8.71. The number of benzene rings is 1. The van der Waals surface area contributed by atoms with Crippen LogP contribution in [-0.2, 0) is 9.53 Å². The van der Waals surface area contributed by atoms with Crippen molar-refractivity contribution < 1.29 is 14.3 Å². The molecule has 0 aliphatic carbocycles. The van der Waals surface area contributed by atoms with Gasteiger partial charge in [0.15, 0.2) is 0 Å². The van der Waals surface area contributed by atoms with Gasteiger partial charge in [0, 0.05) is 36.3 Å². The maximum atomic E-state index is 12.1. The van der Waals surface area contributed by atoms with Crippen molar-refractivity contribution in [3.05, 3.63) is 24.3 Å². The number of carbonyl (C=O) groups is 2. The lowest BCUT2D eigenvalue weighted by molar-refractivity contribution is -0.114. The molecule has 0 spiro atoms. The first-order chi connectivity index (χ1) is 11.7. The molecule has 1 fully saturated rings. The number of rotatable bonds is 4. The Bertz CT molecular complexity index is 588. The molecule has 0 aromatic heterocycles. The van der Waals surface area contributed by atoms with E-state index in [4.69, 9.17) is 4.74 Å². The fourth-order valence-corrected chi connectivity index (χ4v) is 3.75. The molecule has 25 heavy (non-hydrogen) atoms.